The number of amides is 1. The minimum atomic E-state index is -1.71. The molecule has 1 aliphatic rings. The second-order valence-electron chi connectivity index (χ2n) is 5.62. The van der Waals surface area contributed by atoms with E-state index in [0.717, 1.165) is 0 Å². The van der Waals surface area contributed by atoms with Crippen molar-refractivity contribution in [3.8, 4) is 5.75 Å². The van der Waals surface area contributed by atoms with E-state index in [2.05, 4.69) is 10.1 Å². The molecule has 1 aliphatic heterocycles. The van der Waals surface area contributed by atoms with Gasteiger partial charge in [-0.1, -0.05) is 5.16 Å². The van der Waals surface area contributed by atoms with Gasteiger partial charge in [0.15, 0.2) is 23.2 Å². The summed E-state index contributed by atoms with van der Waals surface area (Å²) in [4.78, 5) is 17.8. The minimum absolute atomic E-state index is 0.00898. The molecule has 24 heavy (non-hydrogen) atoms. The molecule has 1 amide bonds. The van der Waals surface area contributed by atoms with Crippen LogP contribution >= 0.6 is 0 Å². The van der Waals surface area contributed by atoms with E-state index in [1.807, 2.05) is 0 Å². The molecule has 1 N–H and O–H groups in total. The number of rotatable bonds is 2. The molecule has 0 aliphatic carbocycles. The lowest BCUT2D eigenvalue weighted by Crippen LogP contribution is -2.38. The predicted octanol–water partition coefficient (Wildman–Crippen LogP) is 2.52. The van der Waals surface area contributed by atoms with Crippen LogP contribution in [0.25, 0.3) is 0 Å². The highest BCUT2D eigenvalue weighted by Crippen LogP contribution is 2.30. The first kappa shape index (κ1) is 16.3. The number of likely N-dealkylation sites (tertiary alicyclic amines) is 1. The van der Waals surface area contributed by atoms with Crippen molar-refractivity contribution in [3.05, 3.63) is 40.8 Å². The zero-order valence-corrected chi connectivity index (χ0v) is 12.7. The summed E-state index contributed by atoms with van der Waals surface area (Å²) >= 11 is 0. The van der Waals surface area contributed by atoms with Gasteiger partial charge in [-0.3, -0.25) is 4.79 Å². The Morgan fingerprint density at radius 1 is 1.29 bits per heavy atom. The van der Waals surface area contributed by atoms with E-state index in [4.69, 9.17) is 4.52 Å². The van der Waals surface area contributed by atoms with Gasteiger partial charge in [0.2, 0.25) is 11.7 Å². The molecule has 0 radical (unpaired) electrons. The topological polar surface area (TPSA) is 79.5 Å². The fourth-order valence-electron chi connectivity index (χ4n) is 2.74. The third-order valence-electron chi connectivity index (χ3n) is 4.05. The summed E-state index contributed by atoms with van der Waals surface area (Å²) in [7, 11) is 0. The Bertz CT molecular complexity index is 786. The van der Waals surface area contributed by atoms with Gasteiger partial charge in [0.05, 0.1) is 5.56 Å². The molecule has 6 nitrogen and oxygen atoms in total. The molecule has 0 unspecified atom stereocenters. The molecule has 3 rings (SSSR count). The quantitative estimate of drug-likeness (QED) is 0.849. The number of aromatic hydroxyl groups is 1. The van der Waals surface area contributed by atoms with Crippen molar-refractivity contribution in [2.75, 3.05) is 13.1 Å². The van der Waals surface area contributed by atoms with E-state index in [9.17, 15) is 23.1 Å². The van der Waals surface area contributed by atoms with Crippen LogP contribution in [-0.4, -0.2) is 39.1 Å². The zero-order valence-electron chi connectivity index (χ0n) is 12.7. The summed E-state index contributed by atoms with van der Waals surface area (Å²) < 4.78 is 45.2. The molecule has 128 valence electrons. The summed E-state index contributed by atoms with van der Waals surface area (Å²) in [5.41, 5.74) is -0.694. The Labute approximate surface area is 134 Å². The summed E-state index contributed by atoms with van der Waals surface area (Å²) in [5, 5.41) is 13.1. The molecule has 0 spiro atoms. The van der Waals surface area contributed by atoms with Gasteiger partial charge < -0.3 is 14.5 Å². The smallest absolute Gasteiger partial charge is 0.257 e. The highest BCUT2D eigenvalue weighted by atomic mass is 19.2. The maximum atomic E-state index is 13.9. The number of benzene rings is 1. The third kappa shape index (κ3) is 2.81. The van der Waals surface area contributed by atoms with Gasteiger partial charge in [-0.25, -0.2) is 8.78 Å². The monoisotopic (exact) mass is 341 g/mol. The molecular weight excluding hydrogens is 327 g/mol. The van der Waals surface area contributed by atoms with E-state index < -0.39 is 34.7 Å². The Balaban J connectivity index is 1.74. The number of hydrogen-bond acceptors (Lipinski definition) is 5. The summed E-state index contributed by atoms with van der Waals surface area (Å²) in [5.74, 6) is -5.94. The molecule has 0 bridgehead atoms. The summed E-state index contributed by atoms with van der Waals surface area (Å²) in [6, 6.07) is 0.460. The van der Waals surface area contributed by atoms with Crippen LogP contribution < -0.4 is 0 Å². The minimum Gasteiger partial charge on any atom is -0.503 e. The van der Waals surface area contributed by atoms with E-state index >= 15 is 0 Å². The summed E-state index contributed by atoms with van der Waals surface area (Å²) in [6.07, 6.45) is 1.06. The van der Waals surface area contributed by atoms with Crippen molar-refractivity contribution in [2.45, 2.75) is 25.7 Å². The zero-order chi connectivity index (χ0) is 17.4. The van der Waals surface area contributed by atoms with Gasteiger partial charge in [0, 0.05) is 25.9 Å². The van der Waals surface area contributed by atoms with Crippen LogP contribution in [0.5, 0.6) is 5.75 Å². The van der Waals surface area contributed by atoms with E-state index in [0.29, 0.717) is 30.6 Å². The average molecular weight is 341 g/mol. The second-order valence-corrected chi connectivity index (χ2v) is 5.62. The number of carbonyl (C=O) groups excluding carboxylic acids is 1. The van der Waals surface area contributed by atoms with Crippen molar-refractivity contribution >= 4 is 5.91 Å². The first-order chi connectivity index (χ1) is 11.4. The Morgan fingerprint density at radius 3 is 2.54 bits per heavy atom. The number of hydrogen-bond donors (Lipinski definition) is 1. The number of nitrogens with zero attached hydrogens (tertiary/aromatic N) is 3. The first-order valence-corrected chi connectivity index (χ1v) is 7.34. The standard InChI is InChI=1S/C15H14F3N3O3/c1-7-19-14(20-24-7)8-2-4-21(5-3-8)15(23)9-6-10(16)12(18)13(22)11(9)17/h6,8,22H,2-5H2,1H3. The van der Waals surface area contributed by atoms with Crippen LogP contribution in [0.15, 0.2) is 10.6 Å². The van der Waals surface area contributed by atoms with Crippen molar-refractivity contribution in [1.82, 2.24) is 15.0 Å². The van der Waals surface area contributed by atoms with E-state index in [1.54, 1.807) is 6.92 Å². The molecule has 1 aromatic heterocycles. The van der Waals surface area contributed by atoms with Gasteiger partial charge >= 0.3 is 0 Å². The maximum absolute atomic E-state index is 13.9. The number of carbonyl (C=O) groups is 1. The number of halogens is 3. The predicted molar refractivity (Wildman–Crippen MR) is 74.9 cm³/mol. The molecule has 1 fully saturated rings. The van der Waals surface area contributed by atoms with Gasteiger partial charge in [-0.05, 0) is 18.9 Å². The van der Waals surface area contributed by atoms with Crippen molar-refractivity contribution in [3.63, 3.8) is 0 Å². The van der Waals surface area contributed by atoms with Crippen LogP contribution in [0.1, 0.15) is 40.8 Å². The summed E-state index contributed by atoms with van der Waals surface area (Å²) in [6.45, 7) is 2.22. The van der Waals surface area contributed by atoms with E-state index in [1.165, 1.54) is 4.90 Å². The largest absolute Gasteiger partial charge is 0.503 e. The van der Waals surface area contributed by atoms with E-state index in [-0.39, 0.29) is 19.0 Å². The normalized spacial score (nSPS) is 15.8. The number of aromatic nitrogens is 2. The van der Waals surface area contributed by atoms with Gasteiger partial charge in [0.1, 0.15) is 0 Å². The van der Waals surface area contributed by atoms with Gasteiger partial charge in [-0.2, -0.15) is 9.37 Å². The Hall–Kier alpha value is -2.58. The number of phenolic OH excluding ortho intramolecular Hbond substituents is 1. The number of phenols is 1. The highest BCUT2D eigenvalue weighted by Gasteiger charge is 2.30. The SMILES string of the molecule is Cc1nc(C2CCN(C(=O)c3cc(F)c(F)c(O)c3F)CC2)no1. The van der Waals surface area contributed by atoms with Crippen LogP contribution in [0, 0.1) is 24.4 Å². The molecule has 9 heteroatoms. The lowest BCUT2D eigenvalue weighted by atomic mass is 9.95. The Morgan fingerprint density at radius 2 is 1.96 bits per heavy atom. The number of aryl methyl sites for hydroxylation is 1. The van der Waals surface area contributed by atoms with Crippen LogP contribution in [0.4, 0.5) is 13.2 Å². The molecule has 0 atom stereocenters. The van der Waals surface area contributed by atoms with Crippen molar-refractivity contribution < 1.29 is 27.6 Å². The average Bonchev–Trinajstić information content (AvgIpc) is 3.02. The molecule has 0 saturated carbocycles. The lowest BCUT2D eigenvalue weighted by molar-refractivity contribution is 0.0704. The molecule has 2 heterocycles. The maximum Gasteiger partial charge on any atom is 0.257 e. The molecule has 1 aromatic carbocycles. The second kappa shape index (κ2) is 6.14. The van der Waals surface area contributed by atoms with Crippen molar-refractivity contribution in [2.24, 2.45) is 0 Å². The molecular formula is C15H14F3N3O3. The van der Waals surface area contributed by atoms with Crippen LogP contribution in [-0.2, 0) is 0 Å². The first-order valence-electron chi connectivity index (χ1n) is 7.34. The van der Waals surface area contributed by atoms with Gasteiger partial charge in [-0.15, -0.1) is 0 Å². The molecule has 1 saturated heterocycles. The van der Waals surface area contributed by atoms with Crippen molar-refractivity contribution in [1.29, 1.82) is 0 Å². The van der Waals surface area contributed by atoms with Crippen LogP contribution in [0.3, 0.4) is 0 Å². The fourth-order valence-corrected chi connectivity index (χ4v) is 2.74. The van der Waals surface area contributed by atoms with Gasteiger partial charge in [0.25, 0.3) is 5.91 Å². The number of piperidine rings is 1. The lowest BCUT2D eigenvalue weighted by Gasteiger charge is -2.30. The van der Waals surface area contributed by atoms with Crippen LogP contribution in [0.2, 0.25) is 0 Å². The molecule has 2 aromatic rings. The highest BCUT2D eigenvalue weighted by molar-refractivity contribution is 5.95. The third-order valence-corrected chi connectivity index (χ3v) is 4.05. The Kier molecular flexibility index (Phi) is 4.16. The fraction of sp³-hybridized carbons (Fsp3) is 0.400.